The zero-order chi connectivity index (χ0) is 21.5. The highest BCUT2D eigenvalue weighted by atomic mass is 16.2. The van der Waals surface area contributed by atoms with Gasteiger partial charge in [0.2, 0.25) is 17.7 Å². The number of carbonyl (C=O) groups is 3. The Morgan fingerprint density at radius 3 is 2.23 bits per heavy atom. The van der Waals surface area contributed by atoms with Gasteiger partial charge in [-0.05, 0) is 41.9 Å². The van der Waals surface area contributed by atoms with Crippen LogP contribution in [0.1, 0.15) is 24.5 Å². The number of para-hydroxylation sites is 1. The van der Waals surface area contributed by atoms with E-state index in [9.17, 15) is 14.4 Å². The third-order valence-electron chi connectivity index (χ3n) is 7.05. The fraction of sp³-hybridized carbons (Fsp3) is 0.346. The van der Waals surface area contributed by atoms with E-state index in [1.165, 1.54) is 4.90 Å². The highest BCUT2D eigenvalue weighted by Crippen LogP contribution is 2.53. The molecule has 31 heavy (non-hydrogen) atoms. The zero-order valence-electron chi connectivity index (χ0n) is 17.5. The molecule has 1 N–H and O–H groups in total. The molecule has 2 bridgehead atoms. The minimum Gasteiger partial charge on any atom is -0.324 e. The summed E-state index contributed by atoms with van der Waals surface area (Å²) in [7, 11) is 0. The molecule has 0 spiro atoms. The van der Waals surface area contributed by atoms with Gasteiger partial charge in [-0.2, -0.15) is 0 Å². The van der Waals surface area contributed by atoms with E-state index >= 15 is 0 Å². The Balaban J connectivity index is 1.47. The summed E-state index contributed by atoms with van der Waals surface area (Å²) < 4.78 is 0. The van der Waals surface area contributed by atoms with Crippen LogP contribution in [0.3, 0.4) is 0 Å². The molecule has 1 saturated carbocycles. The quantitative estimate of drug-likeness (QED) is 0.580. The largest absolute Gasteiger partial charge is 0.324 e. The van der Waals surface area contributed by atoms with Crippen molar-refractivity contribution in [1.29, 1.82) is 0 Å². The molecule has 5 nitrogen and oxygen atoms in total. The Labute approximate surface area is 182 Å². The lowest BCUT2D eigenvalue weighted by molar-refractivity contribution is -0.147. The van der Waals surface area contributed by atoms with Crippen LogP contribution >= 0.6 is 0 Å². The summed E-state index contributed by atoms with van der Waals surface area (Å²) >= 11 is 0. The van der Waals surface area contributed by atoms with Gasteiger partial charge < -0.3 is 5.32 Å². The molecule has 2 aromatic rings. The molecule has 2 aliphatic carbocycles. The van der Waals surface area contributed by atoms with E-state index in [1.54, 1.807) is 0 Å². The average molecular weight is 415 g/mol. The van der Waals surface area contributed by atoms with Gasteiger partial charge in [0.15, 0.2) is 0 Å². The Morgan fingerprint density at radius 1 is 0.968 bits per heavy atom. The van der Waals surface area contributed by atoms with Gasteiger partial charge in [-0.3, -0.25) is 19.3 Å². The Hall–Kier alpha value is -3.21. The number of fused-ring (bicyclic) bond motifs is 5. The first-order valence-electron chi connectivity index (χ1n) is 11.1. The van der Waals surface area contributed by atoms with Gasteiger partial charge in [0.25, 0.3) is 0 Å². The van der Waals surface area contributed by atoms with E-state index in [0.29, 0.717) is 6.42 Å². The van der Waals surface area contributed by atoms with Crippen molar-refractivity contribution in [1.82, 2.24) is 4.90 Å². The van der Waals surface area contributed by atoms with Gasteiger partial charge in [-0.15, -0.1) is 0 Å². The van der Waals surface area contributed by atoms with Crippen LogP contribution < -0.4 is 5.32 Å². The number of rotatable bonds is 6. The SMILES string of the molecule is CCc1ccccc1NC(=O)[C@H](Cc1ccccc1)N1C(=O)[C@H]2[C@H](C1=O)[C@H]1C=C[C@H]2C1. The summed E-state index contributed by atoms with van der Waals surface area (Å²) in [4.78, 5) is 41.5. The molecule has 1 heterocycles. The fourth-order valence-electron chi connectivity index (χ4n) is 5.54. The van der Waals surface area contributed by atoms with Crippen molar-refractivity contribution in [3.8, 4) is 0 Å². The summed E-state index contributed by atoms with van der Waals surface area (Å²) in [5.74, 6) is -1.06. The average Bonchev–Trinajstić information content (AvgIpc) is 3.47. The predicted molar refractivity (Wildman–Crippen MR) is 118 cm³/mol. The van der Waals surface area contributed by atoms with Crippen LogP contribution in [0.15, 0.2) is 66.7 Å². The van der Waals surface area contributed by atoms with E-state index < -0.39 is 6.04 Å². The van der Waals surface area contributed by atoms with E-state index in [2.05, 4.69) is 17.5 Å². The molecule has 5 heteroatoms. The number of hydrogen-bond donors (Lipinski definition) is 1. The first-order valence-corrected chi connectivity index (χ1v) is 11.1. The summed E-state index contributed by atoms with van der Waals surface area (Å²) in [5, 5.41) is 3.00. The predicted octanol–water partition coefficient (Wildman–Crippen LogP) is 3.61. The first-order chi connectivity index (χ1) is 15.1. The van der Waals surface area contributed by atoms with E-state index in [4.69, 9.17) is 0 Å². The van der Waals surface area contributed by atoms with Gasteiger partial charge in [0.05, 0.1) is 11.8 Å². The number of benzene rings is 2. The third-order valence-corrected chi connectivity index (χ3v) is 7.05. The number of amides is 3. The standard InChI is InChI=1S/C26H26N2O3/c1-2-17-10-6-7-11-20(17)27-24(29)21(14-16-8-4-3-5-9-16)28-25(30)22-18-12-13-19(15-18)23(22)26(28)31/h3-13,18-19,21-23H,2,14-15H2,1H3,(H,27,29)/t18-,19-,21-,22+,23+/m0/s1. The van der Waals surface area contributed by atoms with Gasteiger partial charge in [-0.25, -0.2) is 0 Å². The van der Waals surface area contributed by atoms with Crippen molar-refractivity contribution >= 4 is 23.4 Å². The smallest absolute Gasteiger partial charge is 0.248 e. The Bertz CT molecular complexity index is 1030. The highest BCUT2D eigenvalue weighted by Gasteiger charge is 2.61. The van der Waals surface area contributed by atoms with E-state index in [1.807, 2.05) is 61.5 Å². The van der Waals surface area contributed by atoms with E-state index in [-0.39, 0.29) is 41.4 Å². The van der Waals surface area contributed by atoms with Crippen LogP contribution in [0, 0.1) is 23.7 Å². The first kappa shape index (κ1) is 19.7. The molecule has 3 aliphatic rings. The molecular formula is C26H26N2O3. The van der Waals surface area contributed by atoms with Crippen LogP contribution in [0.2, 0.25) is 0 Å². The zero-order valence-corrected chi connectivity index (χ0v) is 17.5. The lowest BCUT2D eigenvalue weighted by Crippen LogP contribution is -2.49. The van der Waals surface area contributed by atoms with Crippen molar-refractivity contribution in [3.63, 3.8) is 0 Å². The molecular weight excluding hydrogens is 388 g/mol. The highest BCUT2D eigenvalue weighted by molar-refractivity contribution is 6.11. The van der Waals surface area contributed by atoms with Crippen LogP contribution in [-0.2, 0) is 27.2 Å². The summed E-state index contributed by atoms with van der Waals surface area (Å²) in [5.41, 5.74) is 2.67. The normalized spacial score (nSPS) is 26.9. The maximum atomic E-state index is 13.5. The number of nitrogens with zero attached hydrogens (tertiary/aromatic N) is 1. The molecule has 3 amide bonds. The molecule has 5 rings (SSSR count). The second kappa shape index (κ2) is 7.80. The summed E-state index contributed by atoms with van der Waals surface area (Å²) in [6.07, 6.45) is 6.11. The van der Waals surface area contributed by atoms with Crippen LogP contribution in [0.4, 0.5) is 5.69 Å². The number of carbonyl (C=O) groups excluding carboxylic acids is 3. The third kappa shape index (κ3) is 3.29. The topological polar surface area (TPSA) is 66.5 Å². The van der Waals surface area contributed by atoms with Crippen molar-refractivity contribution in [2.24, 2.45) is 23.7 Å². The maximum absolute atomic E-state index is 13.5. The maximum Gasteiger partial charge on any atom is 0.248 e. The van der Waals surface area contributed by atoms with Gasteiger partial charge in [0, 0.05) is 12.1 Å². The second-order valence-corrected chi connectivity index (χ2v) is 8.75. The van der Waals surface area contributed by atoms with Gasteiger partial charge >= 0.3 is 0 Å². The molecule has 0 aromatic heterocycles. The fourth-order valence-corrected chi connectivity index (χ4v) is 5.54. The lowest BCUT2D eigenvalue weighted by atomic mass is 9.85. The number of hydrogen-bond acceptors (Lipinski definition) is 3. The van der Waals surface area contributed by atoms with Gasteiger partial charge in [0.1, 0.15) is 6.04 Å². The minimum atomic E-state index is -0.864. The van der Waals surface area contributed by atoms with Crippen LogP contribution in [0.25, 0.3) is 0 Å². The molecule has 2 aromatic carbocycles. The second-order valence-electron chi connectivity index (χ2n) is 8.75. The minimum absolute atomic E-state index is 0.123. The van der Waals surface area contributed by atoms with Crippen molar-refractivity contribution < 1.29 is 14.4 Å². The summed E-state index contributed by atoms with van der Waals surface area (Å²) in [6.45, 7) is 2.03. The van der Waals surface area contributed by atoms with Gasteiger partial charge in [-0.1, -0.05) is 67.6 Å². The van der Waals surface area contributed by atoms with E-state index in [0.717, 1.165) is 29.7 Å². The number of imide groups is 1. The van der Waals surface area contributed by atoms with Crippen LogP contribution in [0.5, 0.6) is 0 Å². The Morgan fingerprint density at radius 2 is 1.58 bits per heavy atom. The number of aryl methyl sites for hydroxylation is 1. The lowest BCUT2D eigenvalue weighted by Gasteiger charge is -2.27. The molecule has 5 atom stereocenters. The molecule has 0 unspecified atom stereocenters. The summed E-state index contributed by atoms with van der Waals surface area (Å²) in [6, 6.07) is 16.4. The number of likely N-dealkylation sites (tertiary alicyclic amines) is 1. The number of nitrogens with one attached hydrogen (secondary N) is 1. The Kier molecular flexibility index (Phi) is 4.97. The molecule has 1 aliphatic heterocycles. The number of anilines is 1. The van der Waals surface area contributed by atoms with Crippen LogP contribution in [-0.4, -0.2) is 28.7 Å². The van der Waals surface area contributed by atoms with Crippen molar-refractivity contribution in [2.45, 2.75) is 32.2 Å². The molecule has 2 fully saturated rings. The van der Waals surface area contributed by atoms with Crippen molar-refractivity contribution in [2.75, 3.05) is 5.32 Å². The molecule has 158 valence electrons. The van der Waals surface area contributed by atoms with Crippen molar-refractivity contribution in [3.05, 3.63) is 77.9 Å². The monoisotopic (exact) mass is 414 g/mol. The molecule has 1 saturated heterocycles. The molecule has 0 radical (unpaired) electrons. The number of allylic oxidation sites excluding steroid dienone is 2.